The minimum Gasteiger partial charge on any atom is -0.326 e. The second-order valence-electron chi connectivity index (χ2n) is 7.34. The summed E-state index contributed by atoms with van der Waals surface area (Å²) in [5.41, 5.74) is 2.51. The molecule has 1 aromatic heterocycles. The number of nitrogens with zero attached hydrogens (tertiary/aromatic N) is 2. The molecular weight excluding hydrogens is 418 g/mol. The molecule has 1 N–H and O–H groups in total. The van der Waals surface area contributed by atoms with E-state index in [9.17, 15) is 13.2 Å². The number of carbonyl (C=O) groups is 1. The molecule has 1 amide bonds. The Morgan fingerprint density at radius 2 is 1.97 bits per heavy atom. The van der Waals surface area contributed by atoms with Crippen LogP contribution in [0.3, 0.4) is 0 Å². The molecule has 156 valence electrons. The highest BCUT2D eigenvalue weighted by Crippen LogP contribution is 2.27. The highest BCUT2D eigenvalue weighted by Gasteiger charge is 2.33. The lowest BCUT2D eigenvalue weighted by Crippen LogP contribution is -2.43. The Balaban J connectivity index is 1.46. The Kier molecular flexibility index (Phi) is 5.99. The van der Waals surface area contributed by atoms with Gasteiger partial charge in [-0.05, 0) is 44.0 Å². The smallest absolute Gasteiger partial charge is 0.243 e. The average Bonchev–Trinajstić information content (AvgIpc) is 3.21. The van der Waals surface area contributed by atoms with Crippen LogP contribution in [0.15, 0.2) is 64.9 Å². The first-order chi connectivity index (χ1) is 14.4. The maximum Gasteiger partial charge on any atom is 0.243 e. The molecule has 6 nitrogen and oxygen atoms in total. The number of hydrogen-bond donors (Lipinski definition) is 1. The van der Waals surface area contributed by atoms with Gasteiger partial charge in [0, 0.05) is 29.7 Å². The number of hydrogen-bond acceptors (Lipinski definition) is 5. The number of aryl methyl sites for hydroxylation is 1. The van der Waals surface area contributed by atoms with Crippen molar-refractivity contribution in [2.75, 3.05) is 18.4 Å². The molecular formula is C22H23N3O3S2. The fraction of sp³-hybridized carbons (Fsp3) is 0.273. The molecule has 30 heavy (non-hydrogen) atoms. The number of rotatable bonds is 5. The van der Waals surface area contributed by atoms with E-state index in [2.05, 4.69) is 10.3 Å². The van der Waals surface area contributed by atoms with Crippen LogP contribution < -0.4 is 5.32 Å². The fourth-order valence-electron chi connectivity index (χ4n) is 3.61. The Bertz CT molecular complexity index is 1140. The highest BCUT2D eigenvalue weighted by molar-refractivity contribution is 7.89. The van der Waals surface area contributed by atoms with Crippen LogP contribution in [0, 0.1) is 12.8 Å². The van der Waals surface area contributed by atoms with Gasteiger partial charge in [-0.2, -0.15) is 4.31 Å². The number of amides is 1. The number of nitrogens with one attached hydrogen (secondary N) is 1. The summed E-state index contributed by atoms with van der Waals surface area (Å²) in [6.07, 6.45) is 1.32. The van der Waals surface area contributed by atoms with E-state index >= 15 is 0 Å². The van der Waals surface area contributed by atoms with Crippen LogP contribution in [0.5, 0.6) is 0 Å². The van der Waals surface area contributed by atoms with Crippen molar-refractivity contribution >= 4 is 33.0 Å². The van der Waals surface area contributed by atoms with Gasteiger partial charge in [-0.15, -0.1) is 11.3 Å². The lowest BCUT2D eigenvalue weighted by molar-refractivity contribution is -0.120. The molecule has 0 aliphatic carbocycles. The SMILES string of the molecule is Cc1nc(-c2cccc(NC(=O)[C@H]3CCCN(S(=O)(=O)c4ccccc4)C3)c2)cs1. The van der Waals surface area contributed by atoms with Crippen molar-refractivity contribution in [3.8, 4) is 11.3 Å². The van der Waals surface area contributed by atoms with Crippen molar-refractivity contribution in [1.82, 2.24) is 9.29 Å². The summed E-state index contributed by atoms with van der Waals surface area (Å²) in [7, 11) is -3.60. The Hall–Kier alpha value is -2.55. The molecule has 2 aromatic carbocycles. The van der Waals surface area contributed by atoms with E-state index in [-0.39, 0.29) is 23.3 Å². The quantitative estimate of drug-likeness (QED) is 0.645. The summed E-state index contributed by atoms with van der Waals surface area (Å²) in [5, 5.41) is 5.93. The van der Waals surface area contributed by atoms with E-state index < -0.39 is 10.0 Å². The van der Waals surface area contributed by atoms with Crippen LogP contribution in [0.25, 0.3) is 11.3 Å². The molecule has 8 heteroatoms. The van der Waals surface area contributed by atoms with Gasteiger partial charge in [0.15, 0.2) is 0 Å². The summed E-state index contributed by atoms with van der Waals surface area (Å²) in [6, 6.07) is 15.9. The maximum atomic E-state index is 12.9. The summed E-state index contributed by atoms with van der Waals surface area (Å²) >= 11 is 1.58. The van der Waals surface area contributed by atoms with Gasteiger partial charge in [0.2, 0.25) is 15.9 Å². The standard InChI is InChI=1S/C22H23N3O3S2/c1-16-23-21(15-29-16)17-7-5-9-19(13-17)24-22(26)18-8-6-12-25(14-18)30(27,28)20-10-3-2-4-11-20/h2-5,7,9-11,13,15,18H,6,8,12,14H2,1H3,(H,24,26)/t18-/m0/s1. The van der Waals surface area contributed by atoms with Crippen molar-refractivity contribution < 1.29 is 13.2 Å². The first kappa shape index (κ1) is 20.7. The minimum absolute atomic E-state index is 0.158. The third-order valence-electron chi connectivity index (χ3n) is 5.18. The molecule has 0 unspecified atom stereocenters. The van der Waals surface area contributed by atoms with E-state index in [1.807, 2.05) is 36.6 Å². The molecule has 0 saturated carbocycles. The predicted molar refractivity (Wildman–Crippen MR) is 119 cm³/mol. The van der Waals surface area contributed by atoms with Crippen molar-refractivity contribution in [3.63, 3.8) is 0 Å². The van der Waals surface area contributed by atoms with Gasteiger partial charge < -0.3 is 5.32 Å². The van der Waals surface area contributed by atoms with Crippen molar-refractivity contribution in [1.29, 1.82) is 0 Å². The van der Waals surface area contributed by atoms with Gasteiger partial charge in [0.05, 0.1) is 21.5 Å². The van der Waals surface area contributed by atoms with E-state index in [0.717, 1.165) is 16.3 Å². The third kappa shape index (κ3) is 4.45. The normalized spacial score (nSPS) is 17.6. The number of aromatic nitrogens is 1. The summed E-state index contributed by atoms with van der Waals surface area (Å²) in [6.45, 7) is 2.58. The van der Waals surface area contributed by atoms with E-state index in [1.54, 1.807) is 41.7 Å². The first-order valence-electron chi connectivity index (χ1n) is 9.82. The van der Waals surface area contributed by atoms with Crippen molar-refractivity contribution in [2.24, 2.45) is 5.92 Å². The highest BCUT2D eigenvalue weighted by atomic mass is 32.2. The molecule has 1 aliphatic heterocycles. The topological polar surface area (TPSA) is 79.4 Å². The molecule has 4 rings (SSSR count). The first-order valence-corrected chi connectivity index (χ1v) is 12.1. The zero-order chi connectivity index (χ0) is 21.1. The minimum atomic E-state index is -3.60. The number of benzene rings is 2. The third-order valence-corrected chi connectivity index (χ3v) is 7.83. The fourth-order valence-corrected chi connectivity index (χ4v) is 5.78. The monoisotopic (exact) mass is 441 g/mol. The van der Waals surface area contributed by atoms with Crippen LogP contribution in [-0.2, 0) is 14.8 Å². The molecule has 1 atom stereocenters. The van der Waals surface area contributed by atoms with E-state index in [0.29, 0.717) is 25.1 Å². The Morgan fingerprint density at radius 1 is 1.17 bits per heavy atom. The van der Waals surface area contributed by atoms with Crippen molar-refractivity contribution in [3.05, 3.63) is 65.0 Å². The van der Waals surface area contributed by atoms with Crippen LogP contribution in [0.2, 0.25) is 0 Å². The molecule has 3 aromatic rings. The predicted octanol–water partition coefficient (Wildman–Crippen LogP) is 4.16. The molecule has 1 aliphatic rings. The molecule has 0 bridgehead atoms. The van der Waals surface area contributed by atoms with E-state index in [1.165, 1.54) is 4.31 Å². The molecule has 0 spiro atoms. The number of sulfonamides is 1. The van der Waals surface area contributed by atoms with Gasteiger partial charge in [-0.1, -0.05) is 30.3 Å². The largest absolute Gasteiger partial charge is 0.326 e. The Morgan fingerprint density at radius 3 is 2.70 bits per heavy atom. The van der Waals surface area contributed by atoms with Gasteiger partial charge in [-0.3, -0.25) is 4.79 Å². The Labute approximate surface area is 180 Å². The van der Waals surface area contributed by atoms with Crippen LogP contribution in [0.1, 0.15) is 17.8 Å². The molecule has 1 fully saturated rings. The molecule has 1 saturated heterocycles. The zero-order valence-corrected chi connectivity index (χ0v) is 18.2. The zero-order valence-electron chi connectivity index (χ0n) is 16.6. The molecule has 0 radical (unpaired) electrons. The second-order valence-corrected chi connectivity index (χ2v) is 10.3. The average molecular weight is 442 g/mol. The number of carbonyl (C=O) groups excluding carboxylic acids is 1. The second kappa shape index (κ2) is 8.67. The van der Waals surface area contributed by atoms with Gasteiger partial charge in [0.25, 0.3) is 0 Å². The summed E-state index contributed by atoms with van der Waals surface area (Å²) in [5.74, 6) is -0.544. The van der Waals surface area contributed by atoms with Gasteiger partial charge >= 0.3 is 0 Å². The number of thiazole rings is 1. The van der Waals surface area contributed by atoms with Crippen LogP contribution in [-0.4, -0.2) is 36.7 Å². The summed E-state index contributed by atoms with van der Waals surface area (Å²) in [4.78, 5) is 17.6. The molecule has 2 heterocycles. The summed E-state index contributed by atoms with van der Waals surface area (Å²) < 4.78 is 27.2. The van der Waals surface area contributed by atoms with E-state index in [4.69, 9.17) is 0 Å². The lowest BCUT2D eigenvalue weighted by atomic mass is 9.98. The number of anilines is 1. The van der Waals surface area contributed by atoms with Gasteiger partial charge in [-0.25, -0.2) is 13.4 Å². The van der Waals surface area contributed by atoms with Crippen LogP contribution >= 0.6 is 11.3 Å². The van der Waals surface area contributed by atoms with Gasteiger partial charge in [0.1, 0.15) is 0 Å². The van der Waals surface area contributed by atoms with Crippen molar-refractivity contribution in [2.45, 2.75) is 24.7 Å². The number of piperidine rings is 1. The maximum absolute atomic E-state index is 12.9. The van der Waals surface area contributed by atoms with Crippen LogP contribution in [0.4, 0.5) is 5.69 Å². The lowest BCUT2D eigenvalue weighted by Gasteiger charge is -2.31.